The number of rotatable bonds is 7. The molecule has 0 atom stereocenters. The predicted octanol–water partition coefficient (Wildman–Crippen LogP) is 4.16. The molecule has 33 heavy (non-hydrogen) atoms. The Morgan fingerprint density at radius 2 is 1.79 bits per heavy atom. The number of carbonyl (C=O) groups is 1. The Morgan fingerprint density at radius 3 is 2.58 bits per heavy atom. The van der Waals surface area contributed by atoms with E-state index in [1.807, 2.05) is 56.3 Å². The average Bonchev–Trinajstić information content (AvgIpc) is 2.86. The van der Waals surface area contributed by atoms with Crippen molar-refractivity contribution in [1.82, 2.24) is 9.97 Å². The van der Waals surface area contributed by atoms with Crippen molar-refractivity contribution in [2.24, 2.45) is 0 Å². The Balaban J connectivity index is 1.33. The number of benzene rings is 2. The second-order valence-electron chi connectivity index (χ2n) is 7.94. The maximum atomic E-state index is 12.5. The van der Waals surface area contributed by atoms with E-state index in [-0.39, 0.29) is 5.91 Å². The molecular weight excluding hydrogens is 434 g/mol. The summed E-state index contributed by atoms with van der Waals surface area (Å²) in [5.41, 5.74) is 4.23. The summed E-state index contributed by atoms with van der Waals surface area (Å²) in [6.07, 6.45) is 1.58. The number of nitrogens with one attached hydrogen (secondary N) is 1. The molecule has 2 aromatic carbocycles. The van der Waals surface area contributed by atoms with Crippen LogP contribution in [0.15, 0.2) is 59.9 Å². The number of methoxy groups -OCH3 is 1. The fourth-order valence-electron chi connectivity index (χ4n) is 3.86. The monoisotopic (exact) mass is 463 g/mol. The summed E-state index contributed by atoms with van der Waals surface area (Å²) < 4.78 is 5.51. The molecule has 1 aromatic heterocycles. The average molecular weight is 464 g/mol. The maximum absolute atomic E-state index is 12.5. The highest BCUT2D eigenvalue weighted by atomic mass is 32.2. The van der Waals surface area contributed by atoms with Crippen molar-refractivity contribution >= 4 is 34.9 Å². The molecule has 4 rings (SSSR count). The van der Waals surface area contributed by atoms with Gasteiger partial charge in [0.25, 0.3) is 0 Å². The maximum Gasteiger partial charge on any atom is 0.234 e. The first kappa shape index (κ1) is 22.9. The fourth-order valence-corrected chi connectivity index (χ4v) is 4.52. The van der Waals surface area contributed by atoms with E-state index in [1.165, 1.54) is 11.8 Å². The van der Waals surface area contributed by atoms with Crippen LogP contribution in [0.3, 0.4) is 0 Å². The molecule has 1 N–H and O–H groups in total. The highest BCUT2D eigenvalue weighted by molar-refractivity contribution is 7.99. The lowest BCUT2D eigenvalue weighted by Crippen LogP contribution is -2.47. The number of nitrogens with zero attached hydrogens (tertiary/aromatic N) is 4. The first-order valence-corrected chi connectivity index (χ1v) is 12.0. The molecule has 2 heterocycles. The van der Waals surface area contributed by atoms with Crippen LogP contribution in [-0.4, -0.2) is 54.9 Å². The van der Waals surface area contributed by atoms with Crippen LogP contribution in [0.4, 0.5) is 17.2 Å². The van der Waals surface area contributed by atoms with Crippen LogP contribution in [0.1, 0.15) is 11.1 Å². The molecule has 1 aliphatic heterocycles. The molecule has 172 valence electrons. The third-order valence-corrected chi connectivity index (χ3v) is 6.81. The molecule has 0 radical (unpaired) electrons. The molecule has 1 aliphatic rings. The first-order valence-electron chi connectivity index (χ1n) is 11.0. The van der Waals surface area contributed by atoms with Gasteiger partial charge < -0.3 is 19.9 Å². The molecule has 7 nitrogen and oxygen atoms in total. The van der Waals surface area contributed by atoms with Gasteiger partial charge in [0, 0.05) is 37.9 Å². The fraction of sp³-hybridized carbons (Fsp3) is 0.320. The second kappa shape index (κ2) is 10.6. The molecule has 0 bridgehead atoms. The largest absolute Gasteiger partial charge is 0.495 e. The zero-order chi connectivity index (χ0) is 23.2. The van der Waals surface area contributed by atoms with E-state index < -0.39 is 0 Å². The van der Waals surface area contributed by atoms with Gasteiger partial charge in [0.1, 0.15) is 22.9 Å². The molecule has 1 amide bonds. The van der Waals surface area contributed by atoms with E-state index in [9.17, 15) is 4.79 Å². The van der Waals surface area contributed by atoms with Gasteiger partial charge in [-0.05, 0) is 43.2 Å². The minimum atomic E-state index is -0.0423. The number of piperazine rings is 1. The quantitative estimate of drug-likeness (QED) is 0.417. The van der Waals surface area contributed by atoms with E-state index in [2.05, 4.69) is 31.2 Å². The van der Waals surface area contributed by atoms with Gasteiger partial charge in [0.15, 0.2) is 0 Å². The summed E-state index contributed by atoms with van der Waals surface area (Å²) in [4.78, 5) is 25.9. The van der Waals surface area contributed by atoms with Gasteiger partial charge >= 0.3 is 0 Å². The standard InChI is InChI=1S/C25H29N5O2S/c1-18-7-6-8-20(19(18)2)28-24(31)16-33-25-15-23(26-17-27-25)30-13-11-29(12-14-30)21-9-4-5-10-22(21)32-3/h4-10,15,17H,11-14,16H2,1-3H3,(H,28,31). The van der Waals surface area contributed by atoms with Crippen LogP contribution in [0.25, 0.3) is 0 Å². The molecule has 1 saturated heterocycles. The third-order valence-electron chi connectivity index (χ3n) is 5.89. The number of para-hydroxylation sites is 2. The SMILES string of the molecule is COc1ccccc1N1CCN(c2cc(SCC(=O)Nc3cccc(C)c3C)ncn2)CC1. The van der Waals surface area contributed by atoms with Crippen molar-refractivity contribution in [3.8, 4) is 5.75 Å². The Kier molecular flexibility index (Phi) is 7.34. The van der Waals surface area contributed by atoms with Gasteiger partial charge in [-0.1, -0.05) is 36.0 Å². The number of hydrogen-bond donors (Lipinski definition) is 1. The van der Waals surface area contributed by atoms with Crippen LogP contribution in [0.5, 0.6) is 5.75 Å². The van der Waals surface area contributed by atoms with Crippen LogP contribution in [0.2, 0.25) is 0 Å². The van der Waals surface area contributed by atoms with E-state index in [4.69, 9.17) is 4.74 Å². The number of carbonyl (C=O) groups excluding carboxylic acids is 1. The van der Waals surface area contributed by atoms with Crippen molar-refractivity contribution in [2.45, 2.75) is 18.9 Å². The summed E-state index contributed by atoms with van der Waals surface area (Å²) in [5, 5.41) is 3.79. The molecule has 1 fully saturated rings. The van der Waals surface area contributed by atoms with E-state index in [0.717, 1.165) is 65.3 Å². The minimum Gasteiger partial charge on any atom is -0.495 e. The number of anilines is 3. The topological polar surface area (TPSA) is 70.6 Å². The van der Waals surface area contributed by atoms with E-state index in [1.54, 1.807) is 13.4 Å². The van der Waals surface area contributed by atoms with Gasteiger partial charge in [-0.15, -0.1) is 0 Å². The number of thioether (sulfide) groups is 1. The highest BCUT2D eigenvalue weighted by Crippen LogP contribution is 2.29. The second-order valence-corrected chi connectivity index (χ2v) is 8.94. The normalized spacial score (nSPS) is 13.7. The lowest BCUT2D eigenvalue weighted by Gasteiger charge is -2.37. The summed E-state index contributed by atoms with van der Waals surface area (Å²) in [5.74, 6) is 2.04. The zero-order valence-corrected chi connectivity index (χ0v) is 20.1. The summed E-state index contributed by atoms with van der Waals surface area (Å²) in [6, 6.07) is 16.0. The van der Waals surface area contributed by atoms with Gasteiger partial charge in [-0.3, -0.25) is 4.79 Å². The molecule has 0 spiro atoms. The van der Waals surface area contributed by atoms with Gasteiger partial charge in [-0.25, -0.2) is 9.97 Å². The number of aryl methyl sites for hydroxylation is 1. The molecule has 0 unspecified atom stereocenters. The van der Waals surface area contributed by atoms with E-state index >= 15 is 0 Å². The van der Waals surface area contributed by atoms with Crippen molar-refractivity contribution in [3.63, 3.8) is 0 Å². The lowest BCUT2D eigenvalue weighted by molar-refractivity contribution is -0.113. The van der Waals surface area contributed by atoms with E-state index in [0.29, 0.717) is 5.75 Å². The van der Waals surface area contributed by atoms with Crippen LogP contribution < -0.4 is 19.9 Å². The highest BCUT2D eigenvalue weighted by Gasteiger charge is 2.21. The molecule has 0 saturated carbocycles. The smallest absolute Gasteiger partial charge is 0.234 e. The van der Waals surface area contributed by atoms with Crippen molar-refractivity contribution in [3.05, 3.63) is 66.0 Å². The van der Waals surface area contributed by atoms with Gasteiger partial charge in [0.2, 0.25) is 5.91 Å². The van der Waals surface area contributed by atoms with Gasteiger partial charge in [-0.2, -0.15) is 0 Å². The number of ether oxygens (including phenoxy) is 1. The molecule has 0 aliphatic carbocycles. The Labute approximate surface area is 199 Å². The summed E-state index contributed by atoms with van der Waals surface area (Å²) in [6.45, 7) is 7.52. The zero-order valence-electron chi connectivity index (χ0n) is 19.2. The number of amides is 1. The van der Waals surface area contributed by atoms with Crippen molar-refractivity contribution < 1.29 is 9.53 Å². The van der Waals surface area contributed by atoms with Crippen molar-refractivity contribution in [2.75, 3.05) is 54.2 Å². The third kappa shape index (κ3) is 5.57. The number of aromatic nitrogens is 2. The molecular formula is C25H29N5O2S. The Hall–Kier alpha value is -3.26. The van der Waals surface area contributed by atoms with Crippen LogP contribution in [-0.2, 0) is 4.79 Å². The van der Waals surface area contributed by atoms with Gasteiger partial charge in [0.05, 0.1) is 18.6 Å². The van der Waals surface area contributed by atoms with Crippen LogP contribution in [0, 0.1) is 13.8 Å². The molecule has 3 aromatic rings. The Bertz CT molecular complexity index is 1120. The number of hydrogen-bond acceptors (Lipinski definition) is 7. The first-order chi connectivity index (χ1) is 16.0. The predicted molar refractivity (Wildman–Crippen MR) is 135 cm³/mol. The molecule has 8 heteroatoms. The summed E-state index contributed by atoms with van der Waals surface area (Å²) in [7, 11) is 1.71. The van der Waals surface area contributed by atoms with Crippen LogP contribution >= 0.6 is 11.8 Å². The summed E-state index contributed by atoms with van der Waals surface area (Å²) >= 11 is 1.42. The lowest BCUT2D eigenvalue weighted by atomic mass is 10.1. The van der Waals surface area contributed by atoms with Crippen molar-refractivity contribution in [1.29, 1.82) is 0 Å². The minimum absolute atomic E-state index is 0.0423. The Morgan fingerprint density at radius 1 is 1.03 bits per heavy atom.